The average molecular weight is 265 g/mol. The molecule has 2 aromatic heterocycles. The zero-order valence-electron chi connectivity index (χ0n) is 8.77. The number of aromatic amines is 1. The van der Waals surface area contributed by atoms with Gasteiger partial charge in [0.15, 0.2) is 0 Å². The lowest BCUT2D eigenvalue weighted by atomic mass is 10.2. The van der Waals surface area contributed by atoms with Gasteiger partial charge < -0.3 is 10.1 Å². The maximum Gasteiger partial charge on any atom is 0.148 e. The minimum absolute atomic E-state index is 0.0307. The lowest BCUT2D eigenvalue weighted by Gasteiger charge is -1.93. The molecular weight excluding hydrogens is 256 g/mol. The number of thiophene rings is 1. The number of nitrogens with one attached hydrogen (secondary N) is 1. The molecule has 0 amide bonds. The number of nitrogens with zero attached hydrogens (tertiary/aromatic N) is 1. The molecule has 0 fully saturated rings. The van der Waals surface area contributed by atoms with Crippen molar-refractivity contribution in [2.75, 3.05) is 0 Å². The molecule has 86 valence electrons. The number of halogens is 1. The van der Waals surface area contributed by atoms with Gasteiger partial charge in [0.05, 0.1) is 26.9 Å². The van der Waals surface area contributed by atoms with E-state index >= 15 is 0 Å². The molecule has 2 N–H and O–H groups in total. The summed E-state index contributed by atoms with van der Waals surface area (Å²) in [4.78, 5) is 8.74. The van der Waals surface area contributed by atoms with E-state index in [1.54, 1.807) is 0 Å². The van der Waals surface area contributed by atoms with E-state index in [9.17, 15) is 0 Å². The van der Waals surface area contributed by atoms with Crippen molar-refractivity contribution in [1.29, 1.82) is 0 Å². The van der Waals surface area contributed by atoms with Gasteiger partial charge in [-0.1, -0.05) is 17.7 Å². The molecule has 0 saturated heterocycles. The van der Waals surface area contributed by atoms with Crippen LogP contribution in [-0.2, 0) is 6.61 Å². The van der Waals surface area contributed by atoms with Crippen molar-refractivity contribution in [3.05, 3.63) is 40.2 Å². The van der Waals surface area contributed by atoms with Gasteiger partial charge in [-0.05, 0) is 29.8 Å². The van der Waals surface area contributed by atoms with Gasteiger partial charge in [-0.2, -0.15) is 0 Å². The first-order valence-electron chi connectivity index (χ1n) is 5.11. The number of aromatic nitrogens is 2. The summed E-state index contributed by atoms with van der Waals surface area (Å²) < 4.78 is 0.747. The smallest absolute Gasteiger partial charge is 0.148 e. The molecule has 3 rings (SSSR count). The summed E-state index contributed by atoms with van der Waals surface area (Å²) in [5, 5.41) is 9.07. The van der Waals surface area contributed by atoms with E-state index in [1.165, 1.54) is 11.3 Å². The SMILES string of the molecule is OCc1ccc2[nH]c(-c3ccc(Cl)s3)nc2c1. The molecule has 0 unspecified atom stereocenters. The van der Waals surface area contributed by atoms with Crippen LogP contribution < -0.4 is 0 Å². The third-order valence-electron chi connectivity index (χ3n) is 2.54. The fraction of sp³-hybridized carbons (Fsp3) is 0.0833. The summed E-state index contributed by atoms with van der Waals surface area (Å²) in [6.45, 7) is 0.0307. The molecule has 0 aliphatic heterocycles. The first-order valence-corrected chi connectivity index (χ1v) is 6.31. The highest BCUT2D eigenvalue weighted by Crippen LogP contribution is 2.30. The molecule has 3 nitrogen and oxygen atoms in total. The van der Waals surface area contributed by atoms with Crippen molar-refractivity contribution < 1.29 is 5.11 Å². The molecule has 0 radical (unpaired) electrons. The highest BCUT2D eigenvalue weighted by atomic mass is 35.5. The zero-order chi connectivity index (χ0) is 11.8. The summed E-state index contributed by atoms with van der Waals surface area (Å²) in [6.07, 6.45) is 0. The molecule has 0 bridgehead atoms. The van der Waals surface area contributed by atoms with Gasteiger partial charge >= 0.3 is 0 Å². The number of H-pyrrole nitrogens is 1. The fourth-order valence-corrected chi connectivity index (χ4v) is 2.70. The Morgan fingerprint density at radius 3 is 2.88 bits per heavy atom. The molecular formula is C12H9ClN2OS. The Morgan fingerprint density at radius 2 is 2.18 bits per heavy atom. The number of fused-ring (bicyclic) bond motifs is 1. The Morgan fingerprint density at radius 1 is 1.29 bits per heavy atom. The second kappa shape index (κ2) is 4.14. The van der Waals surface area contributed by atoms with E-state index in [4.69, 9.17) is 16.7 Å². The molecule has 1 aromatic carbocycles. The Kier molecular flexibility index (Phi) is 2.63. The first-order chi connectivity index (χ1) is 8.26. The van der Waals surface area contributed by atoms with Crippen LogP contribution in [-0.4, -0.2) is 15.1 Å². The highest BCUT2D eigenvalue weighted by Gasteiger charge is 2.07. The van der Waals surface area contributed by atoms with Crippen LogP contribution in [0.4, 0.5) is 0 Å². The third kappa shape index (κ3) is 1.95. The lowest BCUT2D eigenvalue weighted by molar-refractivity contribution is 0.282. The minimum Gasteiger partial charge on any atom is -0.392 e. The van der Waals surface area contributed by atoms with E-state index in [-0.39, 0.29) is 6.61 Å². The van der Waals surface area contributed by atoms with E-state index in [0.717, 1.165) is 31.6 Å². The molecule has 0 aliphatic rings. The lowest BCUT2D eigenvalue weighted by Crippen LogP contribution is -1.81. The number of aliphatic hydroxyl groups excluding tert-OH is 1. The van der Waals surface area contributed by atoms with Crippen molar-refractivity contribution in [2.24, 2.45) is 0 Å². The summed E-state index contributed by atoms with van der Waals surface area (Å²) in [5.74, 6) is 0.812. The van der Waals surface area contributed by atoms with Crippen molar-refractivity contribution >= 4 is 34.0 Å². The average Bonchev–Trinajstić information content (AvgIpc) is 2.93. The van der Waals surface area contributed by atoms with Gasteiger partial charge in [0.25, 0.3) is 0 Å². The molecule has 0 aliphatic carbocycles. The van der Waals surface area contributed by atoms with E-state index in [0.29, 0.717) is 0 Å². The predicted molar refractivity (Wildman–Crippen MR) is 70.3 cm³/mol. The Hall–Kier alpha value is -1.36. The summed E-state index contributed by atoms with van der Waals surface area (Å²) in [7, 11) is 0. The Balaban J connectivity index is 2.13. The van der Waals surface area contributed by atoms with Gasteiger partial charge in [-0.15, -0.1) is 11.3 Å². The van der Waals surface area contributed by atoms with Crippen LogP contribution in [0.3, 0.4) is 0 Å². The van der Waals surface area contributed by atoms with Crippen LogP contribution in [0.25, 0.3) is 21.7 Å². The Labute approximate surface area is 107 Å². The maximum atomic E-state index is 9.07. The van der Waals surface area contributed by atoms with Crippen molar-refractivity contribution in [1.82, 2.24) is 9.97 Å². The van der Waals surface area contributed by atoms with Crippen LogP contribution in [0.1, 0.15) is 5.56 Å². The predicted octanol–water partition coefficient (Wildman–Crippen LogP) is 3.44. The standard InChI is InChI=1S/C12H9ClN2OS/c13-11-4-3-10(17-11)12-14-8-2-1-7(6-16)5-9(8)15-12/h1-5,16H,6H2,(H,14,15). The molecule has 17 heavy (non-hydrogen) atoms. The summed E-state index contributed by atoms with van der Waals surface area (Å²) in [5.41, 5.74) is 2.68. The van der Waals surface area contributed by atoms with Gasteiger partial charge in [0.1, 0.15) is 5.82 Å². The summed E-state index contributed by atoms with van der Waals surface area (Å²) in [6, 6.07) is 9.48. The van der Waals surface area contributed by atoms with E-state index in [2.05, 4.69) is 9.97 Å². The van der Waals surface area contributed by atoms with E-state index < -0.39 is 0 Å². The van der Waals surface area contributed by atoms with Crippen LogP contribution >= 0.6 is 22.9 Å². The number of aliphatic hydroxyl groups is 1. The highest BCUT2D eigenvalue weighted by molar-refractivity contribution is 7.19. The monoisotopic (exact) mass is 264 g/mol. The second-order valence-corrected chi connectivity index (χ2v) is 5.41. The number of rotatable bonds is 2. The largest absolute Gasteiger partial charge is 0.392 e. The molecule has 0 spiro atoms. The zero-order valence-corrected chi connectivity index (χ0v) is 10.3. The van der Waals surface area contributed by atoms with Gasteiger partial charge in [-0.25, -0.2) is 4.98 Å². The summed E-state index contributed by atoms with van der Waals surface area (Å²) >= 11 is 7.39. The second-order valence-electron chi connectivity index (χ2n) is 3.70. The van der Waals surface area contributed by atoms with E-state index in [1.807, 2.05) is 30.3 Å². The van der Waals surface area contributed by atoms with Crippen LogP contribution in [0, 0.1) is 0 Å². The van der Waals surface area contributed by atoms with Crippen LogP contribution in [0.5, 0.6) is 0 Å². The van der Waals surface area contributed by atoms with Crippen molar-refractivity contribution in [3.63, 3.8) is 0 Å². The topological polar surface area (TPSA) is 48.9 Å². The first kappa shape index (κ1) is 10.8. The van der Waals surface area contributed by atoms with Gasteiger partial charge in [0, 0.05) is 0 Å². The molecule has 3 aromatic rings. The van der Waals surface area contributed by atoms with Crippen molar-refractivity contribution in [2.45, 2.75) is 6.61 Å². The van der Waals surface area contributed by atoms with Gasteiger partial charge in [0.2, 0.25) is 0 Å². The van der Waals surface area contributed by atoms with Gasteiger partial charge in [-0.3, -0.25) is 0 Å². The Bertz CT molecular complexity index is 674. The quantitative estimate of drug-likeness (QED) is 0.745. The molecule has 0 saturated carbocycles. The minimum atomic E-state index is 0.0307. The third-order valence-corrected chi connectivity index (χ3v) is 3.77. The normalized spacial score (nSPS) is 11.2. The van der Waals surface area contributed by atoms with Crippen molar-refractivity contribution in [3.8, 4) is 10.7 Å². The molecule has 0 atom stereocenters. The number of imidazole rings is 1. The number of benzene rings is 1. The number of hydrogen-bond acceptors (Lipinski definition) is 3. The molecule has 2 heterocycles. The fourth-order valence-electron chi connectivity index (χ4n) is 1.71. The van der Waals surface area contributed by atoms with Crippen LogP contribution in [0.2, 0.25) is 4.34 Å². The number of hydrogen-bond donors (Lipinski definition) is 2. The maximum absolute atomic E-state index is 9.07. The van der Waals surface area contributed by atoms with Crippen LogP contribution in [0.15, 0.2) is 30.3 Å². The molecule has 5 heteroatoms.